The van der Waals surface area contributed by atoms with Gasteiger partial charge < -0.3 is 16.5 Å². The van der Waals surface area contributed by atoms with Crippen molar-refractivity contribution < 1.29 is 23.2 Å². The Morgan fingerprint density at radius 1 is 1.44 bits per heavy atom. The van der Waals surface area contributed by atoms with Crippen LogP contribution < -0.4 is 11.1 Å². The SMILES string of the molecule is CC(=O)Nc1ccc(S(=O)(=O)O)c(N)c1.O. The molecule has 0 bridgehead atoms. The molecule has 90 valence electrons. The predicted molar refractivity (Wildman–Crippen MR) is 58.6 cm³/mol. The van der Waals surface area contributed by atoms with Crippen molar-refractivity contribution in [2.24, 2.45) is 0 Å². The molecule has 0 radical (unpaired) electrons. The minimum atomic E-state index is -4.32. The molecular formula is C8H12N2O5S. The predicted octanol–water partition coefficient (Wildman–Crippen LogP) is -0.351. The number of rotatable bonds is 2. The fourth-order valence-corrected chi connectivity index (χ4v) is 1.66. The van der Waals surface area contributed by atoms with Crippen LogP contribution in [0.2, 0.25) is 0 Å². The lowest BCUT2D eigenvalue weighted by Gasteiger charge is -2.06. The first kappa shape index (κ1) is 14.4. The Morgan fingerprint density at radius 2 is 2.00 bits per heavy atom. The van der Waals surface area contributed by atoms with Crippen molar-refractivity contribution in [1.82, 2.24) is 0 Å². The van der Waals surface area contributed by atoms with Crippen LogP contribution in [-0.4, -0.2) is 24.4 Å². The van der Waals surface area contributed by atoms with E-state index in [-0.39, 0.29) is 22.0 Å². The van der Waals surface area contributed by atoms with Gasteiger partial charge in [-0.15, -0.1) is 0 Å². The molecule has 0 fully saturated rings. The smallest absolute Gasteiger partial charge is 0.296 e. The molecule has 1 amide bonds. The van der Waals surface area contributed by atoms with Gasteiger partial charge in [-0.25, -0.2) is 0 Å². The highest BCUT2D eigenvalue weighted by Crippen LogP contribution is 2.21. The summed E-state index contributed by atoms with van der Waals surface area (Å²) in [5, 5.41) is 2.43. The molecule has 0 aliphatic heterocycles. The van der Waals surface area contributed by atoms with Crippen LogP contribution >= 0.6 is 0 Å². The van der Waals surface area contributed by atoms with Gasteiger partial charge in [0.1, 0.15) is 4.90 Å². The van der Waals surface area contributed by atoms with Crippen molar-refractivity contribution >= 4 is 27.4 Å². The van der Waals surface area contributed by atoms with E-state index < -0.39 is 10.1 Å². The zero-order chi connectivity index (χ0) is 11.6. The van der Waals surface area contributed by atoms with Crippen LogP contribution in [0.15, 0.2) is 23.1 Å². The summed E-state index contributed by atoms with van der Waals surface area (Å²) in [6, 6.07) is 3.71. The lowest BCUT2D eigenvalue weighted by Crippen LogP contribution is -2.08. The van der Waals surface area contributed by atoms with E-state index in [0.29, 0.717) is 5.69 Å². The normalized spacial score (nSPS) is 10.4. The van der Waals surface area contributed by atoms with Crippen molar-refractivity contribution in [2.75, 3.05) is 11.1 Å². The zero-order valence-corrected chi connectivity index (χ0v) is 9.21. The standard InChI is InChI=1S/C8H10N2O4S.H2O/c1-5(11)10-6-2-3-8(7(9)4-6)15(12,13)14;/h2-4H,9H2,1H3,(H,10,11)(H,12,13,14);1H2. The molecule has 0 saturated heterocycles. The van der Waals surface area contributed by atoms with E-state index in [0.717, 1.165) is 6.07 Å². The van der Waals surface area contributed by atoms with E-state index in [4.69, 9.17) is 10.3 Å². The van der Waals surface area contributed by atoms with Crippen molar-refractivity contribution in [2.45, 2.75) is 11.8 Å². The van der Waals surface area contributed by atoms with Gasteiger partial charge in [-0.3, -0.25) is 9.35 Å². The van der Waals surface area contributed by atoms with E-state index in [2.05, 4.69) is 5.32 Å². The second-order valence-corrected chi connectivity index (χ2v) is 4.30. The largest absolute Gasteiger partial charge is 0.412 e. The molecule has 0 saturated carbocycles. The van der Waals surface area contributed by atoms with Crippen LogP contribution in [0, 0.1) is 0 Å². The number of anilines is 2. The Balaban J connectivity index is 0.00000225. The molecule has 0 aliphatic carbocycles. The molecule has 1 aromatic rings. The highest BCUT2D eigenvalue weighted by atomic mass is 32.2. The van der Waals surface area contributed by atoms with Gasteiger partial charge in [0.15, 0.2) is 0 Å². The highest BCUT2D eigenvalue weighted by Gasteiger charge is 2.13. The van der Waals surface area contributed by atoms with Crippen LogP contribution in [0.25, 0.3) is 0 Å². The monoisotopic (exact) mass is 248 g/mol. The fraction of sp³-hybridized carbons (Fsp3) is 0.125. The summed E-state index contributed by atoms with van der Waals surface area (Å²) in [4.78, 5) is 10.3. The molecule has 0 spiro atoms. The number of carbonyl (C=O) groups is 1. The third-order valence-corrected chi connectivity index (χ3v) is 2.54. The summed E-state index contributed by atoms with van der Waals surface area (Å²) in [6.45, 7) is 1.31. The van der Waals surface area contributed by atoms with Gasteiger partial charge in [-0.05, 0) is 18.2 Å². The Morgan fingerprint density at radius 3 is 2.38 bits per heavy atom. The third kappa shape index (κ3) is 3.50. The molecule has 6 N–H and O–H groups in total. The fourth-order valence-electron chi connectivity index (χ4n) is 1.06. The quantitative estimate of drug-likeness (QED) is 0.484. The third-order valence-electron chi connectivity index (χ3n) is 1.61. The molecular weight excluding hydrogens is 236 g/mol. The number of amides is 1. The van der Waals surface area contributed by atoms with E-state index >= 15 is 0 Å². The van der Waals surface area contributed by atoms with E-state index in [1.54, 1.807) is 0 Å². The average Bonchev–Trinajstić information content (AvgIpc) is 1.99. The molecule has 0 aromatic heterocycles. The van der Waals surface area contributed by atoms with Crippen LogP contribution in [0.4, 0.5) is 11.4 Å². The summed E-state index contributed by atoms with van der Waals surface area (Å²) in [7, 11) is -4.32. The van der Waals surface area contributed by atoms with Crippen molar-refractivity contribution in [3.8, 4) is 0 Å². The number of nitrogen functional groups attached to an aromatic ring is 1. The zero-order valence-electron chi connectivity index (χ0n) is 8.39. The van der Waals surface area contributed by atoms with Crippen molar-refractivity contribution in [3.05, 3.63) is 18.2 Å². The molecule has 16 heavy (non-hydrogen) atoms. The first-order valence-electron chi connectivity index (χ1n) is 3.95. The van der Waals surface area contributed by atoms with Gasteiger partial charge >= 0.3 is 0 Å². The molecule has 0 aliphatic rings. The summed E-state index contributed by atoms with van der Waals surface area (Å²) >= 11 is 0. The summed E-state index contributed by atoms with van der Waals surface area (Å²) < 4.78 is 30.3. The maximum atomic E-state index is 10.8. The Hall–Kier alpha value is -1.64. The van der Waals surface area contributed by atoms with Gasteiger partial charge in [0.05, 0.1) is 5.69 Å². The maximum absolute atomic E-state index is 10.8. The molecule has 1 aromatic carbocycles. The minimum Gasteiger partial charge on any atom is -0.412 e. The van der Waals surface area contributed by atoms with Gasteiger partial charge in [-0.2, -0.15) is 8.42 Å². The first-order valence-corrected chi connectivity index (χ1v) is 5.39. The van der Waals surface area contributed by atoms with Gasteiger partial charge in [-0.1, -0.05) is 0 Å². The number of benzene rings is 1. The summed E-state index contributed by atoms with van der Waals surface area (Å²) in [6.07, 6.45) is 0. The van der Waals surface area contributed by atoms with E-state index in [1.165, 1.54) is 19.1 Å². The second kappa shape index (κ2) is 4.92. The molecule has 0 heterocycles. The topological polar surface area (TPSA) is 141 Å². The lowest BCUT2D eigenvalue weighted by molar-refractivity contribution is -0.114. The van der Waals surface area contributed by atoms with Crippen LogP contribution in [0.1, 0.15) is 6.92 Å². The minimum absolute atomic E-state index is 0. The first-order chi connectivity index (χ1) is 6.80. The Kier molecular flexibility index (Phi) is 4.42. The van der Waals surface area contributed by atoms with E-state index in [1.807, 2.05) is 0 Å². The summed E-state index contributed by atoms with van der Waals surface area (Å²) in [5.74, 6) is -0.297. The molecule has 0 unspecified atom stereocenters. The molecule has 1 rings (SSSR count). The molecule has 0 atom stereocenters. The van der Waals surface area contributed by atoms with Gasteiger partial charge in [0, 0.05) is 12.6 Å². The molecule has 8 heteroatoms. The Labute approximate surface area is 92.3 Å². The summed E-state index contributed by atoms with van der Waals surface area (Å²) in [5.41, 5.74) is 5.64. The average molecular weight is 248 g/mol. The highest BCUT2D eigenvalue weighted by molar-refractivity contribution is 7.86. The van der Waals surface area contributed by atoms with Crippen LogP contribution in [-0.2, 0) is 14.9 Å². The van der Waals surface area contributed by atoms with Crippen molar-refractivity contribution in [1.29, 1.82) is 0 Å². The van der Waals surface area contributed by atoms with Crippen LogP contribution in [0.3, 0.4) is 0 Å². The Bertz CT molecular complexity index is 497. The van der Waals surface area contributed by atoms with Gasteiger partial charge in [0.25, 0.3) is 10.1 Å². The molecule has 7 nitrogen and oxygen atoms in total. The number of carbonyl (C=O) groups excluding carboxylic acids is 1. The number of nitrogens with one attached hydrogen (secondary N) is 1. The number of hydrogen-bond donors (Lipinski definition) is 3. The maximum Gasteiger partial charge on any atom is 0.296 e. The van der Waals surface area contributed by atoms with Crippen LogP contribution in [0.5, 0.6) is 0 Å². The number of nitrogens with two attached hydrogens (primary N) is 1. The van der Waals surface area contributed by atoms with Crippen molar-refractivity contribution in [3.63, 3.8) is 0 Å². The second-order valence-electron chi connectivity index (χ2n) is 2.91. The van der Waals surface area contributed by atoms with E-state index in [9.17, 15) is 13.2 Å². The lowest BCUT2D eigenvalue weighted by atomic mass is 10.3. The number of hydrogen-bond acceptors (Lipinski definition) is 4. The van der Waals surface area contributed by atoms with Gasteiger partial charge in [0.2, 0.25) is 5.91 Å².